The molecule has 3 nitrogen and oxygen atoms in total. The number of rotatable bonds is 2. The number of hydrogen-bond acceptors (Lipinski definition) is 2. The quantitative estimate of drug-likeness (QED) is 0.725. The number of carbonyl (C=O) groups is 1. The van der Waals surface area contributed by atoms with E-state index < -0.39 is 23.2 Å². The number of carbonyl (C=O) groups excluding carboxylic acids is 1. The van der Waals surface area contributed by atoms with Gasteiger partial charge in [-0.25, -0.2) is 8.78 Å². The molecule has 0 aliphatic rings. The summed E-state index contributed by atoms with van der Waals surface area (Å²) in [6.07, 6.45) is 1.26. The Bertz CT molecular complexity index is 822. The number of fused-ring (bicyclic) bond motifs is 1. The standard InChI is InChI=1S/C15H8BrF2NO2/c16-8-5-11(17)14(12(18)6-8)19-15(20)10-7-21-13-4-2-1-3-9(10)13/h1-7H,(H,19,20). The monoisotopic (exact) mass is 351 g/mol. The molecule has 0 atom stereocenters. The normalized spacial score (nSPS) is 10.8. The minimum Gasteiger partial charge on any atom is -0.463 e. The minimum atomic E-state index is -0.858. The third-order valence-corrected chi connectivity index (χ3v) is 3.43. The highest BCUT2D eigenvalue weighted by atomic mass is 79.9. The molecule has 0 aliphatic heterocycles. The molecule has 1 aromatic heterocycles. The molecule has 2 aromatic carbocycles. The van der Waals surface area contributed by atoms with E-state index in [0.29, 0.717) is 11.0 Å². The van der Waals surface area contributed by atoms with Crippen molar-refractivity contribution in [3.05, 3.63) is 64.3 Å². The average Bonchev–Trinajstić information content (AvgIpc) is 2.86. The number of halogens is 3. The van der Waals surface area contributed by atoms with Gasteiger partial charge < -0.3 is 9.73 Å². The van der Waals surface area contributed by atoms with Crippen LogP contribution in [-0.4, -0.2) is 5.91 Å². The van der Waals surface area contributed by atoms with E-state index >= 15 is 0 Å². The van der Waals surface area contributed by atoms with Crippen molar-refractivity contribution >= 4 is 38.5 Å². The maximum Gasteiger partial charge on any atom is 0.259 e. The van der Waals surface area contributed by atoms with Crippen molar-refractivity contribution in [3.8, 4) is 0 Å². The number of furan rings is 1. The molecule has 3 aromatic rings. The Balaban J connectivity index is 1.97. The lowest BCUT2D eigenvalue weighted by molar-refractivity contribution is 0.102. The number of hydrogen-bond donors (Lipinski definition) is 1. The van der Waals surface area contributed by atoms with E-state index in [1.165, 1.54) is 6.26 Å². The first kappa shape index (κ1) is 13.8. The Labute approximate surface area is 126 Å². The zero-order valence-corrected chi connectivity index (χ0v) is 12.1. The predicted molar refractivity (Wildman–Crippen MR) is 78.2 cm³/mol. The predicted octanol–water partition coefficient (Wildman–Crippen LogP) is 4.73. The molecular formula is C15H8BrF2NO2. The van der Waals surface area contributed by atoms with Crippen molar-refractivity contribution in [2.24, 2.45) is 0 Å². The number of nitrogens with one attached hydrogen (secondary N) is 1. The van der Waals surface area contributed by atoms with E-state index in [2.05, 4.69) is 21.2 Å². The minimum absolute atomic E-state index is 0.215. The first-order valence-electron chi connectivity index (χ1n) is 5.98. The number of benzene rings is 2. The lowest BCUT2D eigenvalue weighted by Crippen LogP contribution is -2.14. The second kappa shape index (κ2) is 5.29. The molecule has 0 radical (unpaired) electrons. The lowest BCUT2D eigenvalue weighted by atomic mass is 10.1. The molecule has 0 bridgehead atoms. The molecule has 1 heterocycles. The molecule has 0 unspecified atom stereocenters. The van der Waals surface area contributed by atoms with Gasteiger partial charge in [-0.15, -0.1) is 0 Å². The van der Waals surface area contributed by atoms with Gasteiger partial charge in [-0.3, -0.25) is 4.79 Å². The van der Waals surface area contributed by atoms with Crippen molar-refractivity contribution in [1.82, 2.24) is 0 Å². The summed E-state index contributed by atoms with van der Waals surface area (Å²) in [5, 5.41) is 2.81. The van der Waals surface area contributed by atoms with Crippen LogP contribution in [0.1, 0.15) is 10.4 Å². The van der Waals surface area contributed by atoms with Crippen LogP contribution in [0.25, 0.3) is 11.0 Å². The van der Waals surface area contributed by atoms with Crippen molar-refractivity contribution in [3.63, 3.8) is 0 Å². The van der Waals surface area contributed by atoms with Crippen molar-refractivity contribution in [2.75, 3.05) is 5.32 Å². The lowest BCUT2D eigenvalue weighted by Gasteiger charge is -2.07. The molecule has 0 aliphatic carbocycles. The highest BCUT2D eigenvalue weighted by Gasteiger charge is 2.18. The van der Waals surface area contributed by atoms with Crippen LogP contribution in [0.5, 0.6) is 0 Å². The Morgan fingerprint density at radius 1 is 1.14 bits per heavy atom. The maximum absolute atomic E-state index is 13.7. The summed E-state index contributed by atoms with van der Waals surface area (Å²) in [6.45, 7) is 0. The van der Waals surface area contributed by atoms with E-state index in [1.54, 1.807) is 24.3 Å². The van der Waals surface area contributed by atoms with Crippen molar-refractivity contribution in [1.29, 1.82) is 0 Å². The molecule has 6 heteroatoms. The average molecular weight is 352 g/mol. The molecule has 0 saturated carbocycles. The van der Waals surface area contributed by atoms with Crippen molar-refractivity contribution < 1.29 is 18.0 Å². The van der Waals surface area contributed by atoms with Crippen LogP contribution in [0.4, 0.5) is 14.5 Å². The summed E-state index contributed by atoms with van der Waals surface area (Å²) in [5.41, 5.74) is 0.250. The Morgan fingerprint density at radius 2 is 1.81 bits per heavy atom. The maximum atomic E-state index is 13.7. The van der Waals surface area contributed by atoms with Crippen LogP contribution < -0.4 is 5.32 Å². The van der Waals surface area contributed by atoms with Gasteiger partial charge in [-0.05, 0) is 18.2 Å². The fraction of sp³-hybridized carbons (Fsp3) is 0. The molecular weight excluding hydrogens is 344 g/mol. The SMILES string of the molecule is O=C(Nc1c(F)cc(Br)cc1F)c1coc2ccccc12. The Morgan fingerprint density at radius 3 is 2.52 bits per heavy atom. The van der Waals surface area contributed by atoms with Crippen LogP contribution >= 0.6 is 15.9 Å². The fourth-order valence-electron chi connectivity index (χ4n) is 2.00. The van der Waals surface area contributed by atoms with E-state index in [1.807, 2.05) is 0 Å². The van der Waals surface area contributed by atoms with E-state index in [9.17, 15) is 13.6 Å². The summed E-state index contributed by atoms with van der Waals surface area (Å²) in [6, 6.07) is 9.06. The summed E-state index contributed by atoms with van der Waals surface area (Å²) in [7, 11) is 0. The topological polar surface area (TPSA) is 42.2 Å². The van der Waals surface area contributed by atoms with E-state index in [-0.39, 0.29) is 10.0 Å². The van der Waals surface area contributed by atoms with Gasteiger partial charge >= 0.3 is 0 Å². The summed E-state index contributed by atoms with van der Waals surface area (Å²) < 4.78 is 32.9. The first-order chi connectivity index (χ1) is 10.1. The van der Waals surface area contributed by atoms with Crippen LogP contribution in [0, 0.1) is 11.6 Å². The molecule has 3 rings (SSSR count). The van der Waals surface area contributed by atoms with Crippen LogP contribution in [0.15, 0.2) is 51.6 Å². The van der Waals surface area contributed by atoms with Gasteiger partial charge in [0, 0.05) is 9.86 Å². The number of amides is 1. The van der Waals surface area contributed by atoms with Crippen LogP contribution in [-0.2, 0) is 0 Å². The van der Waals surface area contributed by atoms with Crippen LogP contribution in [0.2, 0.25) is 0 Å². The molecule has 0 fully saturated rings. The van der Waals surface area contributed by atoms with Gasteiger partial charge in [-0.1, -0.05) is 34.1 Å². The molecule has 106 valence electrons. The molecule has 1 N–H and O–H groups in total. The highest BCUT2D eigenvalue weighted by Crippen LogP contribution is 2.26. The smallest absolute Gasteiger partial charge is 0.259 e. The number of para-hydroxylation sites is 1. The van der Waals surface area contributed by atoms with Gasteiger partial charge in [0.2, 0.25) is 0 Å². The second-order valence-electron chi connectivity index (χ2n) is 4.34. The molecule has 1 amide bonds. The highest BCUT2D eigenvalue weighted by molar-refractivity contribution is 9.10. The largest absolute Gasteiger partial charge is 0.463 e. The van der Waals surface area contributed by atoms with Crippen molar-refractivity contribution in [2.45, 2.75) is 0 Å². The van der Waals surface area contributed by atoms with Gasteiger partial charge in [-0.2, -0.15) is 0 Å². The molecule has 0 spiro atoms. The van der Waals surface area contributed by atoms with Crippen LogP contribution in [0.3, 0.4) is 0 Å². The number of anilines is 1. The second-order valence-corrected chi connectivity index (χ2v) is 5.26. The van der Waals surface area contributed by atoms with Gasteiger partial charge in [0.15, 0.2) is 11.6 Å². The molecule has 0 saturated heterocycles. The summed E-state index contributed by atoms with van der Waals surface area (Å²) in [5.74, 6) is -2.36. The third kappa shape index (κ3) is 2.54. The third-order valence-electron chi connectivity index (χ3n) is 2.97. The zero-order valence-electron chi connectivity index (χ0n) is 10.5. The van der Waals surface area contributed by atoms with E-state index in [0.717, 1.165) is 12.1 Å². The van der Waals surface area contributed by atoms with Gasteiger partial charge in [0.05, 0.1) is 5.56 Å². The van der Waals surface area contributed by atoms with E-state index in [4.69, 9.17) is 4.42 Å². The Hall–Kier alpha value is -2.21. The summed E-state index contributed by atoms with van der Waals surface area (Å²) in [4.78, 5) is 12.2. The Kier molecular flexibility index (Phi) is 3.47. The first-order valence-corrected chi connectivity index (χ1v) is 6.77. The molecule has 21 heavy (non-hydrogen) atoms. The zero-order chi connectivity index (χ0) is 15.0. The fourth-order valence-corrected chi connectivity index (χ4v) is 2.40. The van der Waals surface area contributed by atoms with Gasteiger partial charge in [0.25, 0.3) is 5.91 Å². The summed E-state index contributed by atoms with van der Waals surface area (Å²) >= 11 is 2.98. The van der Waals surface area contributed by atoms with Gasteiger partial charge in [0.1, 0.15) is 17.5 Å².